The number of halogens is 1. The Bertz CT molecular complexity index is 787. The predicted molar refractivity (Wildman–Crippen MR) is 92.3 cm³/mol. The first-order valence-electron chi connectivity index (χ1n) is 6.87. The maximum atomic E-state index is 13.1. The largest absolute Gasteiger partial charge is 0.399 e. The van der Waals surface area contributed by atoms with Crippen LogP contribution >= 0.6 is 0 Å². The van der Waals surface area contributed by atoms with Gasteiger partial charge in [0.25, 0.3) is 0 Å². The summed E-state index contributed by atoms with van der Waals surface area (Å²) in [6.45, 7) is 4.00. The second-order valence-electron chi connectivity index (χ2n) is 4.54. The minimum absolute atomic E-state index is 0.297. The number of rotatable bonds is 2. The normalized spacial score (nSPS) is 8.96. The van der Waals surface area contributed by atoms with Crippen LogP contribution in [-0.2, 0) is 9.59 Å². The van der Waals surface area contributed by atoms with E-state index in [9.17, 15) is 4.39 Å². The van der Waals surface area contributed by atoms with Crippen LogP contribution in [0.25, 0.3) is 16.9 Å². The number of hydrogen-bond donors (Lipinski definition) is 1. The smallest absolute Gasteiger partial charge is 0.163 e. The molecule has 0 unspecified atom stereocenters. The van der Waals surface area contributed by atoms with Gasteiger partial charge in [0.15, 0.2) is 5.69 Å². The molecule has 0 aliphatic heterocycles. The molecule has 0 aliphatic rings. The van der Waals surface area contributed by atoms with Crippen LogP contribution in [0, 0.1) is 17.1 Å². The Balaban J connectivity index is 0.000000730. The van der Waals surface area contributed by atoms with Crippen molar-refractivity contribution in [1.29, 1.82) is 5.26 Å². The molecule has 0 fully saturated rings. The van der Waals surface area contributed by atoms with Crippen molar-refractivity contribution < 1.29 is 14.0 Å². The second kappa shape index (κ2) is 9.37. The summed E-state index contributed by atoms with van der Waals surface area (Å²) in [7, 11) is 0. The number of benzene rings is 2. The Morgan fingerprint density at radius 3 is 2.08 bits per heavy atom. The average molecular weight is 338 g/mol. The van der Waals surface area contributed by atoms with Crippen molar-refractivity contribution in [2.45, 2.75) is 0 Å². The highest BCUT2D eigenvalue weighted by molar-refractivity contribution is 5.64. The Hall–Kier alpha value is -3.79. The highest BCUT2D eigenvalue weighted by Gasteiger charge is 2.11. The summed E-state index contributed by atoms with van der Waals surface area (Å²) >= 11 is 0. The summed E-state index contributed by atoms with van der Waals surface area (Å²) in [6, 6.07) is 16.9. The van der Waals surface area contributed by atoms with Crippen LogP contribution in [0.15, 0.2) is 54.6 Å². The van der Waals surface area contributed by atoms with Gasteiger partial charge in [-0.1, -0.05) is 0 Å². The summed E-state index contributed by atoms with van der Waals surface area (Å²) in [5.74, 6) is -0.308. The van der Waals surface area contributed by atoms with Gasteiger partial charge in [-0.25, -0.2) is 9.07 Å². The molecule has 3 aromatic rings. The summed E-state index contributed by atoms with van der Waals surface area (Å²) in [5.41, 5.74) is 8.90. The molecule has 1 aromatic heterocycles. The lowest BCUT2D eigenvalue weighted by atomic mass is 10.1. The summed E-state index contributed by atoms with van der Waals surface area (Å²) in [4.78, 5) is 16.0. The molecule has 0 atom stereocenters. The Morgan fingerprint density at radius 1 is 1.00 bits per heavy atom. The van der Waals surface area contributed by atoms with E-state index in [0.29, 0.717) is 11.4 Å². The standard InChI is InChI=1S/C16H11FN4.2CH2O/c17-12-3-1-11(2-4-12)16-9-14(10-18)20-21(16)15-7-5-13(19)6-8-15;2*1-2/h1-9H,19H2;2*1H2. The van der Waals surface area contributed by atoms with E-state index in [2.05, 4.69) is 5.10 Å². The first-order valence-corrected chi connectivity index (χ1v) is 6.87. The molecule has 1 heterocycles. The lowest BCUT2D eigenvalue weighted by Gasteiger charge is -2.07. The number of hydrogen-bond acceptors (Lipinski definition) is 5. The molecular formula is C18H15FN4O2. The van der Waals surface area contributed by atoms with Crippen LogP contribution in [0.5, 0.6) is 0 Å². The first kappa shape index (κ1) is 19.3. The minimum Gasteiger partial charge on any atom is -0.399 e. The van der Waals surface area contributed by atoms with Crippen LogP contribution in [0.4, 0.5) is 10.1 Å². The van der Waals surface area contributed by atoms with E-state index in [-0.39, 0.29) is 5.82 Å². The van der Waals surface area contributed by atoms with Gasteiger partial charge in [-0.05, 0) is 48.5 Å². The number of nitriles is 1. The van der Waals surface area contributed by atoms with Crippen molar-refractivity contribution in [2.24, 2.45) is 0 Å². The molecular weight excluding hydrogens is 323 g/mol. The number of nitrogen functional groups attached to an aromatic ring is 1. The SMILES string of the molecule is C=O.C=O.N#Cc1cc(-c2ccc(F)cc2)n(-c2ccc(N)cc2)n1. The quantitative estimate of drug-likeness (QED) is 0.724. The molecule has 0 spiro atoms. The predicted octanol–water partition coefficient (Wildman–Crippen LogP) is 2.76. The molecule has 2 N–H and O–H groups in total. The van der Waals surface area contributed by atoms with Crippen LogP contribution < -0.4 is 5.73 Å². The van der Waals surface area contributed by atoms with Gasteiger partial charge in [0.1, 0.15) is 25.5 Å². The molecule has 3 rings (SSSR count). The van der Waals surface area contributed by atoms with Crippen molar-refractivity contribution in [3.63, 3.8) is 0 Å². The highest BCUT2D eigenvalue weighted by Crippen LogP contribution is 2.24. The Kier molecular flexibility index (Phi) is 7.22. The first-order chi connectivity index (χ1) is 12.2. The maximum Gasteiger partial charge on any atom is 0.163 e. The van der Waals surface area contributed by atoms with Gasteiger partial charge in [0.2, 0.25) is 0 Å². The van der Waals surface area contributed by atoms with Crippen molar-refractivity contribution in [2.75, 3.05) is 5.73 Å². The number of carbonyl (C=O) groups excluding carboxylic acids is 2. The number of anilines is 1. The van der Waals surface area contributed by atoms with Crippen LogP contribution in [0.3, 0.4) is 0 Å². The maximum absolute atomic E-state index is 13.1. The average Bonchev–Trinajstić information content (AvgIpc) is 3.11. The molecule has 0 amide bonds. The van der Waals surface area contributed by atoms with Crippen molar-refractivity contribution in [1.82, 2.24) is 9.78 Å². The van der Waals surface area contributed by atoms with Gasteiger partial charge in [-0.2, -0.15) is 10.4 Å². The lowest BCUT2D eigenvalue weighted by molar-refractivity contribution is -0.0987. The monoisotopic (exact) mass is 338 g/mol. The van der Waals surface area contributed by atoms with Gasteiger partial charge in [0.05, 0.1) is 11.4 Å². The molecule has 7 heteroatoms. The van der Waals surface area contributed by atoms with Gasteiger partial charge >= 0.3 is 0 Å². The topological polar surface area (TPSA) is 102 Å². The number of carbonyl (C=O) groups is 2. The van der Waals surface area contributed by atoms with E-state index in [1.54, 1.807) is 35.0 Å². The summed E-state index contributed by atoms with van der Waals surface area (Å²) in [5, 5.41) is 13.3. The van der Waals surface area contributed by atoms with E-state index in [1.165, 1.54) is 12.1 Å². The van der Waals surface area contributed by atoms with Crippen LogP contribution in [0.2, 0.25) is 0 Å². The third-order valence-electron chi connectivity index (χ3n) is 3.10. The highest BCUT2D eigenvalue weighted by atomic mass is 19.1. The fraction of sp³-hybridized carbons (Fsp3) is 0. The second-order valence-corrected chi connectivity index (χ2v) is 4.54. The molecule has 6 nitrogen and oxygen atoms in total. The molecule has 0 radical (unpaired) electrons. The lowest BCUT2D eigenvalue weighted by Crippen LogP contribution is -1.99. The summed E-state index contributed by atoms with van der Waals surface area (Å²) < 4.78 is 14.7. The Labute approximate surface area is 143 Å². The number of nitrogens with two attached hydrogens (primary N) is 1. The zero-order valence-electron chi connectivity index (χ0n) is 13.2. The fourth-order valence-corrected chi connectivity index (χ4v) is 2.07. The molecule has 0 bridgehead atoms. The van der Waals surface area contributed by atoms with Gasteiger partial charge < -0.3 is 15.3 Å². The van der Waals surface area contributed by atoms with Gasteiger partial charge in [0, 0.05) is 17.3 Å². The third-order valence-corrected chi connectivity index (χ3v) is 3.10. The molecule has 25 heavy (non-hydrogen) atoms. The Morgan fingerprint density at radius 2 is 1.56 bits per heavy atom. The van der Waals surface area contributed by atoms with Gasteiger partial charge in [-0.3, -0.25) is 0 Å². The van der Waals surface area contributed by atoms with E-state index >= 15 is 0 Å². The van der Waals surface area contributed by atoms with E-state index in [1.807, 2.05) is 31.8 Å². The molecule has 0 saturated carbocycles. The van der Waals surface area contributed by atoms with E-state index in [4.69, 9.17) is 20.6 Å². The zero-order valence-corrected chi connectivity index (χ0v) is 13.2. The molecule has 0 saturated heterocycles. The van der Waals surface area contributed by atoms with Crippen LogP contribution in [-0.4, -0.2) is 23.4 Å². The zero-order chi connectivity index (χ0) is 18.8. The third kappa shape index (κ3) is 4.59. The van der Waals surface area contributed by atoms with Gasteiger partial charge in [-0.15, -0.1) is 0 Å². The van der Waals surface area contributed by atoms with Crippen molar-refractivity contribution in [3.05, 3.63) is 66.1 Å². The summed E-state index contributed by atoms with van der Waals surface area (Å²) in [6.07, 6.45) is 0. The number of nitrogens with zero attached hydrogens (tertiary/aromatic N) is 3. The van der Waals surface area contributed by atoms with E-state index in [0.717, 1.165) is 16.9 Å². The molecule has 126 valence electrons. The molecule has 0 aliphatic carbocycles. The van der Waals surface area contributed by atoms with Crippen molar-refractivity contribution >= 4 is 19.3 Å². The van der Waals surface area contributed by atoms with Crippen LogP contribution in [0.1, 0.15) is 5.69 Å². The van der Waals surface area contributed by atoms with E-state index < -0.39 is 0 Å². The minimum atomic E-state index is -0.308. The molecule has 2 aromatic carbocycles. The fourth-order valence-electron chi connectivity index (χ4n) is 2.07. The number of aromatic nitrogens is 2. The van der Waals surface area contributed by atoms with Crippen molar-refractivity contribution in [3.8, 4) is 23.0 Å².